The molecule has 10 heteroatoms. The highest BCUT2D eigenvalue weighted by Gasteiger charge is 2.32. The minimum atomic E-state index is -3.57. The summed E-state index contributed by atoms with van der Waals surface area (Å²) in [6.45, 7) is 4.91. The molecule has 1 atom stereocenters. The fourth-order valence-corrected chi connectivity index (χ4v) is 7.35. The number of nitrogens with zero attached hydrogens (tertiary/aromatic N) is 2. The first kappa shape index (κ1) is 27.3. The number of carbonyl (C=O) groups is 1. The van der Waals surface area contributed by atoms with Crippen LogP contribution in [0.1, 0.15) is 38.7 Å². The van der Waals surface area contributed by atoms with Gasteiger partial charge in [0, 0.05) is 31.9 Å². The summed E-state index contributed by atoms with van der Waals surface area (Å²) in [5, 5.41) is 2.82. The maximum atomic E-state index is 12.9. The van der Waals surface area contributed by atoms with E-state index in [0.29, 0.717) is 51.0 Å². The van der Waals surface area contributed by atoms with Crippen LogP contribution >= 0.6 is 0 Å². The summed E-state index contributed by atoms with van der Waals surface area (Å²) in [4.78, 5) is 13.0. The number of piperidine rings is 1. The van der Waals surface area contributed by atoms with Crippen molar-refractivity contribution in [1.82, 2.24) is 8.61 Å². The Balaban J connectivity index is 1.57. The normalized spacial score (nSPS) is 17.4. The Labute approximate surface area is 209 Å². The molecule has 0 radical (unpaired) electrons. The molecule has 0 spiro atoms. The van der Waals surface area contributed by atoms with Gasteiger partial charge in [0.25, 0.3) is 0 Å². The average Bonchev–Trinajstić information content (AvgIpc) is 2.85. The van der Waals surface area contributed by atoms with E-state index in [1.165, 1.54) is 20.7 Å². The summed E-state index contributed by atoms with van der Waals surface area (Å²) in [5.74, 6) is -0.654. The van der Waals surface area contributed by atoms with Crippen LogP contribution < -0.4 is 5.32 Å². The van der Waals surface area contributed by atoms with Crippen LogP contribution in [-0.4, -0.2) is 63.3 Å². The third kappa shape index (κ3) is 7.13. The van der Waals surface area contributed by atoms with Crippen molar-refractivity contribution in [3.05, 3.63) is 60.2 Å². The highest BCUT2D eigenvalue weighted by molar-refractivity contribution is 7.89. The van der Waals surface area contributed by atoms with Crippen LogP contribution in [0.5, 0.6) is 0 Å². The lowest BCUT2D eigenvalue weighted by atomic mass is 9.99. The van der Waals surface area contributed by atoms with Crippen molar-refractivity contribution in [2.24, 2.45) is 5.92 Å². The number of hydrogen-bond acceptors (Lipinski definition) is 5. The largest absolute Gasteiger partial charge is 0.326 e. The second-order valence-electron chi connectivity index (χ2n) is 8.71. The number of carbonyl (C=O) groups excluding carboxylic acids is 1. The molecular weight excluding hydrogens is 486 g/mol. The zero-order valence-corrected chi connectivity index (χ0v) is 22.0. The zero-order chi connectivity index (χ0) is 25.5. The maximum absolute atomic E-state index is 12.9. The van der Waals surface area contributed by atoms with Gasteiger partial charge in [-0.25, -0.2) is 21.1 Å². The fourth-order valence-electron chi connectivity index (χ4n) is 4.31. The van der Waals surface area contributed by atoms with Crippen LogP contribution in [0.25, 0.3) is 0 Å². The van der Waals surface area contributed by atoms with Gasteiger partial charge in [-0.1, -0.05) is 44.2 Å². The Morgan fingerprint density at radius 2 is 1.66 bits per heavy atom. The standard InChI is InChI=1S/C25H35N3O5S2/c1-3-27(4-2)35(32,33)24-16-14-23(15-17-24)26-25(29)22-13-8-18-28(20-22)34(30,31)19-9-12-21-10-6-5-7-11-21/h5-7,10-11,14-17,22H,3-4,8-9,12-13,18-20H2,1-2H3,(H,26,29)/t22-/m1/s1. The van der Waals surface area contributed by atoms with Gasteiger partial charge in [-0.2, -0.15) is 4.31 Å². The van der Waals surface area contributed by atoms with Gasteiger partial charge < -0.3 is 5.32 Å². The molecule has 1 fully saturated rings. The van der Waals surface area contributed by atoms with Crippen LogP contribution in [0.15, 0.2) is 59.5 Å². The molecule has 0 bridgehead atoms. The third-order valence-corrected chi connectivity index (χ3v) is 10.3. The second-order valence-corrected chi connectivity index (χ2v) is 12.7. The van der Waals surface area contributed by atoms with Gasteiger partial charge in [0.15, 0.2) is 0 Å². The van der Waals surface area contributed by atoms with Crippen molar-refractivity contribution in [1.29, 1.82) is 0 Å². The Bertz CT molecular complexity index is 1180. The molecule has 0 aliphatic carbocycles. The first-order valence-corrected chi connectivity index (χ1v) is 15.1. The minimum Gasteiger partial charge on any atom is -0.326 e. The van der Waals surface area contributed by atoms with Gasteiger partial charge in [-0.3, -0.25) is 4.79 Å². The van der Waals surface area contributed by atoms with E-state index in [2.05, 4.69) is 5.32 Å². The molecule has 0 saturated carbocycles. The van der Waals surface area contributed by atoms with Gasteiger partial charge in [0.2, 0.25) is 26.0 Å². The van der Waals surface area contributed by atoms with Crippen LogP contribution in [0.3, 0.4) is 0 Å². The summed E-state index contributed by atoms with van der Waals surface area (Å²) < 4.78 is 53.8. The van der Waals surface area contributed by atoms with Crippen LogP contribution in [0.2, 0.25) is 0 Å². The molecule has 1 heterocycles. The van der Waals surface area contributed by atoms with E-state index in [1.54, 1.807) is 26.0 Å². The summed E-state index contributed by atoms with van der Waals surface area (Å²) in [6.07, 6.45) is 2.45. The predicted molar refractivity (Wildman–Crippen MR) is 138 cm³/mol. The van der Waals surface area contributed by atoms with Crippen molar-refractivity contribution < 1.29 is 21.6 Å². The zero-order valence-electron chi connectivity index (χ0n) is 20.4. The smallest absolute Gasteiger partial charge is 0.243 e. The lowest BCUT2D eigenvalue weighted by Crippen LogP contribution is -2.44. The van der Waals surface area contributed by atoms with Crippen molar-refractivity contribution >= 4 is 31.6 Å². The molecule has 1 N–H and O–H groups in total. The number of hydrogen-bond donors (Lipinski definition) is 1. The van der Waals surface area contributed by atoms with Crippen molar-refractivity contribution in [3.63, 3.8) is 0 Å². The molecule has 1 saturated heterocycles. The van der Waals surface area contributed by atoms with E-state index in [1.807, 2.05) is 30.3 Å². The number of amides is 1. The van der Waals surface area contributed by atoms with E-state index in [-0.39, 0.29) is 23.1 Å². The topological polar surface area (TPSA) is 104 Å². The van der Waals surface area contributed by atoms with Crippen molar-refractivity contribution in [3.8, 4) is 0 Å². The Kier molecular flexibility index (Phi) is 9.46. The van der Waals surface area contributed by atoms with E-state index >= 15 is 0 Å². The molecule has 0 aromatic heterocycles. The minimum absolute atomic E-state index is 0.0543. The molecule has 2 aromatic carbocycles. The predicted octanol–water partition coefficient (Wildman–Crippen LogP) is 3.33. The maximum Gasteiger partial charge on any atom is 0.243 e. The first-order chi connectivity index (χ1) is 16.7. The van der Waals surface area contributed by atoms with Gasteiger partial charge in [0.05, 0.1) is 16.6 Å². The molecule has 1 aliphatic rings. The van der Waals surface area contributed by atoms with Gasteiger partial charge in [0.1, 0.15) is 0 Å². The van der Waals surface area contributed by atoms with Gasteiger partial charge >= 0.3 is 0 Å². The van der Waals surface area contributed by atoms with Crippen molar-refractivity contribution in [2.45, 2.75) is 44.4 Å². The SMILES string of the molecule is CCN(CC)S(=O)(=O)c1ccc(NC(=O)[C@@H]2CCCN(S(=O)(=O)CCCc3ccccc3)C2)cc1. The molecule has 8 nitrogen and oxygen atoms in total. The number of sulfonamides is 2. The number of benzene rings is 2. The van der Waals surface area contributed by atoms with Crippen LogP contribution in [0, 0.1) is 5.92 Å². The fraction of sp³-hybridized carbons (Fsp3) is 0.480. The number of anilines is 1. The van der Waals surface area contributed by atoms with Gasteiger partial charge in [-0.05, 0) is 55.5 Å². The average molecular weight is 522 g/mol. The van der Waals surface area contributed by atoms with E-state index in [9.17, 15) is 21.6 Å². The van der Waals surface area contributed by atoms with Crippen LogP contribution in [0.4, 0.5) is 5.69 Å². The molecule has 0 unspecified atom stereocenters. The summed E-state index contributed by atoms with van der Waals surface area (Å²) in [7, 11) is -7.01. The molecule has 1 aliphatic heterocycles. The molecule has 2 aromatic rings. The Morgan fingerprint density at radius 1 is 1.00 bits per heavy atom. The lowest BCUT2D eigenvalue weighted by Gasteiger charge is -2.31. The molecule has 35 heavy (non-hydrogen) atoms. The Hall–Kier alpha value is -2.27. The summed E-state index contributed by atoms with van der Waals surface area (Å²) in [6, 6.07) is 15.9. The van der Waals surface area contributed by atoms with Gasteiger partial charge in [-0.15, -0.1) is 0 Å². The molecular formula is C25H35N3O5S2. The first-order valence-electron chi connectivity index (χ1n) is 12.1. The van der Waals surface area contributed by atoms with E-state index < -0.39 is 26.0 Å². The Morgan fingerprint density at radius 3 is 2.29 bits per heavy atom. The third-order valence-electron chi connectivity index (χ3n) is 6.32. The summed E-state index contributed by atoms with van der Waals surface area (Å²) in [5.41, 5.74) is 1.59. The van der Waals surface area contributed by atoms with E-state index in [0.717, 1.165) is 5.56 Å². The quantitative estimate of drug-likeness (QED) is 0.489. The van der Waals surface area contributed by atoms with Crippen molar-refractivity contribution in [2.75, 3.05) is 37.2 Å². The van der Waals surface area contributed by atoms with E-state index in [4.69, 9.17) is 0 Å². The monoisotopic (exact) mass is 521 g/mol. The number of nitrogens with one attached hydrogen (secondary N) is 1. The molecule has 192 valence electrons. The molecule has 1 amide bonds. The number of rotatable bonds is 11. The number of aryl methyl sites for hydroxylation is 1. The second kappa shape index (κ2) is 12.1. The highest BCUT2D eigenvalue weighted by atomic mass is 32.2. The summed E-state index contributed by atoms with van der Waals surface area (Å²) >= 11 is 0. The molecule has 3 rings (SSSR count). The highest BCUT2D eigenvalue weighted by Crippen LogP contribution is 2.23. The lowest BCUT2D eigenvalue weighted by molar-refractivity contribution is -0.120. The van der Waals surface area contributed by atoms with Crippen LogP contribution in [-0.2, 0) is 31.3 Å².